The van der Waals surface area contributed by atoms with Gasteiger partial charge in [-0.3, -0.25) is 24.0 Å². The van der Waals surface area contributed by atoms with Crippen LogP contribution in [-0.2, 0) is 52.5 Å². The average Bonchev–Trinajstić information content (AvgIpc) is 3.47. The summed E-state index contributed by atoms with van der Waals surface area (Å²) in [5, 5.41) is 13.8. The maximum Gasteiger partial charge on any atom is 0.373 e. The molecule has 0 radical (unpaired) electrons. The van der Waals surface area contributed by atoms with Gasteiger partial charge in [-0.2, -0.15) is 0 Å². The smallest absolute Gasteiger partial charge is 0.373 e. The Labute approximate surface area is 257 Å². The summed E-state index contributed by atoms with van der Waals surface area (Å²) in [6.07, 6.45) is -1.59. The number of esters is 4. The minimum atomic E-state index is -1.53. The fraction of sp³-hybridized carbons (Fsp3) is 0.429. The number of nitrogens with two attached hydrogens (primary N) is 1. The summed E-state index contributed by atoms with van der Waals surface area (Å²) in [5.74, 6) is -4.63. The summed E-state index contributed by atoms with van der Waals surface area (Å²) in [7, 11) is 1.11. The molecule has 1 aromatic carbocycles. The van der Waals surface area contributed by atoms with Crippen molar-refractivity contribution >= 4 is 41.4 Å². The van der Waals surface area contributed by atoms with E-state index in [9.17, 15) is 28.8 Å². The lowest BCUT2D eigenvalue weighted by atomic mass is 9.91. The number of ether oxygens (including phenoxy) is 5. The van der Waals surface area contributed by atoms with Crippen LogP contribution in [0.2, 0.25) is 0 Å². The SMILES string of the molecule is COC(=O)C1=C[C@H](n2cc(-c3ccccc3NC(=O)CN)nn2)[C@@H](NC(C)=O)[C@H]([C@H](OC(C)=O)[C@@H](COC(C)=O)OC(C)=O)O1. The zero-order valence-corrected chi connectivity index (χ0v) is 25.2. The number of para-hydroxylation sites is 1. The van der Waals surface area contributed by atoms with Crippen LogP contribution in [0, 0.1) is 0 Å². The van der Waals surface area contributed by atoms with E-state index in [4.69, 9.17) is 29.4 Å². The first-order chi connectivity index (χ1) is 21.3. The van der Waals surface area contributed by atoms with E-state index in [1.165, 1.54) is 23.9 Å². The second-order valence-corrected chi connectivity index (χ2v) is 9.73. The normalized spacial score (nSPS) is 18.6. The van der Waals surface area contributed by atoms with Gasteiger partial charge in [-0.25, -0.2) is 9.48 Å². The Kier molecular flexibility index (Phi) is 11.7. The highest BCUT2D eigenvalue weighted by molar-refractivity contribution is 5.96. The Morgan fingerprint density at radius 1 is 1.02 bits per heavy atom. The molecule has 17 nitrogen and oxygen atoms in total. The Hall–Kier alpha value is -5.32. The molecule has 0 saturated carbocycles. The Bertz CT molecular complexity index is 1470. The third kappa shape index (κ3) is 9.09. The third-order valence-electron chi connectivity index (χ3n) is 6.30. The lowest BCUT2D eigenvalue weighted by Crippen LogP contribution is -2.60. The van der Waals surface area contributed by atoms with Crippen molar-refractivity contribution in [3.05, 3.63) is 42.3 Å². The van der Waals surface area contributed by atoms with Gasteiger partial charge in [0, 0.05) is 33.3 Å². The second kappa shape index (κ2) is 15.4. The summed E-state index contributed by atoms with van der Waals surface area (Å²) in [6, 6.07) is 4.55. The number of nitrogens with zero attached hydrogens (tertiary/aromatic N) is 3. The van der Waals surface area contributed by atoms with Crippen molar-refractivity contribution in [3.8, 4) is 11.3 Å². The van der Waals surface area contributed by atoms with Gasteiger partial charge in [-0.05, 0) is 12.1 Å². The molecule has 2 aromatic rings. The lowest BCUT2D eigenvalue weighted by Gasteiger charge is -2.41. The van der Waals surface area contributed by atoms with Crippen LogP contribution in [-0.4, -0.2) is 95.3 Å². The van der Waals surface area contributed by atoms with E-state index in [0.717, 1.165) is 27.9 Å². The standard InChI is InChI=1S/C28H34N6O11/c1-14(35)30-25-21(34-12-20(32-33-34)18-8-6-7-9-19(18)31-24(39)11-29)10-22(28(40)41-5)45-27(25)26(44-17(4)38)23(43-16(3)37)13-42-15(2)36/h6-10,12,21,23,25-27H,11,13,29H2,1-5H3,(H,30,35)(H,31,39)/t21-,23+,25+,26+,27+/m0/s1. The molecule has 242 valence electrons. The van der Waals surface area contributed by atoms with Gasteiger partial charge < -0.3 is 40.1 Å². The van der Waals surface area contributed by atoms with Gasteiger partial charge in [0.2, 0.25) is 17.6 Å². The van der Waals surface area contributed by atoms with E-state index in [0.29, 0.717) is 16.9 Å². The summed E-state index contributed by atoms with van der Waals surface area (Å²) >= 11 is 0. The van der Waals surface area contributed by atoms with Gasteiger partial charge in [-0.1, -0.05) is 23.4 Å². The lowest BCUT2D eigenvalue weighted by molar-refractivity contribution is -0.188. The zero-order valence-electron chi connectivity index (χ0n) is 25.2. The van der Waals surface area contributed by atoms with Crippen LogP contribution in [0.1, 0.15) is 33.7 Å². The number of methoxy groups -OCH3 is 1. The molecule has 5 atom stereocenters. The molecule has 1 aliphatic rings. The number of hydrogen-bond acceptors (Lipinski definition) is 14. The summed E-state index contributed by atoms with van der Waals surface area (Å²) in [4.78, 5) is 73.2. The third-order valence-corrected chi connectivity index (χ3v) is 6.30. The van der Waals surface area contributed by atoms with Crippen molar-refractivity contribution in [1.29, 1.82) is 0 Å². The number of benzene rings is 1. The van der Waals surface area contributed by atoms with Gasteiger partial charge in [0.15, 0.2) is 18.3 Å². The highest BCUT2D eigenvalue weighted by atomic mass is 16.6. The highest BCUT2D eigenvalue weighted by Gasteiger charge is 2.49. The molecule has 17 heteroatoms. The quantitative estimate of drug-likeness (QED) is 0.203. The van der Waals surface area contributed by atoms with Crippen LogP contribution < -0.4 is 16.4 Å². The van der Waals surface area contributed by atoms with Gasteiger partial charge in [0.05, 0.1) is 37.6 Å². The summed E-state index contributed by atoms with van der Waals surface area (Å²) < 4.78 is 28.1. The van der Waals surface area contributed by atoms with Gasteiger partial charge in [0.25, 0.3) is 0 Å². The Morgan fingerprint density at radius 3 is 2.31 bits per heavy atom. The van der Waals surface area contributed by atoms with Crippen LogP contribution in [0.4, 0.5) is 5.69 Å². The minimum Gasteiger partial charge on any atom is -0.477 e. The number of anilines is 1. The van der Waals surface area contributed by atoms with Crippen molar-refractivity contribution in [2.75, 3.05) is 25.6 Å². The molecule has 0 bridgehead atoms. The number of carbonyl (C=O) groups is 6. The molecular formula is C28H34N6O11. The van der Waals surface area contributed by atoms with E-state index in [-0.39, 0.29) is 12.3 Å². The van der Waals surface area contributed by atoms with Crippen molar-refractivity contribution in [2.45, 2.75) is 58.1 Å². The van der Waals surface area contributed by atoms with Crippen molar-refractivity contribution < 1.29 is 52.5 Å². The van der Waals surface area contributed by atoms with Gasteiger partial charge in [-0.15, -0.1) is 5.10 Å². The summed E-state index contributed by atoms with van der Waals surface area (Å²) in [5.41, 5.74) is 6.63. The van der Waals surface area contributed by atoms with Crippen LogP contribution in [0.25, 0.3) is 11.3 Å². The molecule has 0 unspecified atom stereocenters. The van der Waals surface area contributed by atoms with E-state index >= 15 is 0 Å². The molecule has 0 fully saturated rings. The summed E-state index contributed by atoms with van der Waals surface area (Å²) in [6.45, 7) is 3.71. The number of aromatic nitrogens is 3. The maximum atomic E-state index is 12.8. The molecule has 1 aromatic heterocycles. The maximum absolute atomic E-state index is 12.8. The van der Waals surface area contributed by atoms with Gasteiger partial charge in [0.1, 0.15) is 12.3 Å². The Morgan fingerprint density at radius 2 is 1.71 bits per heavy atom. The van der Waals surface area contributed by atoms with Crippen LogP contribution in [0.15, 0.2) is 42.3 Å². The van der Waals surface area contributed by atoms with E-state index in [2.05, 4.69) is 20.9 Å². The predicted molar refractivity (Wildman–Crippen MR) is 152 cm³/mol. The van der Waals surface area contributed by atoms with Crippen molar-refractivity contribution in [3.63, 3.8) is 0 Å². The topological polar surface area (TPSA) is 229 Å². The Balaban J connectivity index is 2.17. The molecule has 4 N–H and O–H groups in total. The molecule has 2 amide bonds. The molecule has 0 aliphatic carbocycles. The molecule has 2 heterocycles. The predicted octanol–water partition coefficient (Wildman–Crippen LogP) is -0.230. The van der Waals surface area contributed by atoms with Crippen LogP contribution in [0.5, 0.6) is 0 Å². The molecule has 0 saturated heterocycles. The average molecular weight is 631 g/mol. The fourth-order valence-corrected chi connectivity index (χ4v) is 4.56. The van der Waals surface area contributed by atoms with Crippen molar-refractivity contribution in [2.24, 2.45) is 5.73 Å². The van der Waals surface area contributed by atoms with E-state index in [1.807, 2.05) is 0 Å². The van der Waals surface area contributed by atoms with E-state index < -0.39 is 72.7 Å². The fourth-order valence-electron chi connectivity index (χ4n) is 4.56. The van der Waals surface area contributed by atoms with E-state index in [1.54, 1.807) is 24.3 Å². The van der Waals surface area contributed by atoms with Gasteiger partial charge >= 0.3 is 23.9 Å². The van der Waals surface area contributed by atoms with Crippen LogP contribution in [0.3, 0.4) is 0 Å². The largest absolute Gasteiger partial charge is 0.477 e. The first-order valence-corrected chi connectivity index (χ1v) is 13.6. The number of carbonyl (C=O) groups excluding carboxylic acids is 6. The van der Waals surface area contributed by atoms with Crippen molar-refractivity contribution in [1.82, 2.24) is 20.3 Å². The molecule has 3 rings (SSSR count). The number of rotatable bonds is 12. The monoisotopic (exact) mass is 630 g/mol. The first-order valence-electron chi connectivity index (χ1n) is 13.6. The molecule has 1 aliphatic heterocycles. The molecule has 0 spiro atoms. The molecule has 45 heavy (non-hydrogen) atoms. The second-order valence-electron chi connectivity index (χ2n) is 9.73. The molecular weight excluding hydrogens is 596 g/mol. The number of hydrogen-bond donors (Lipinski definition) is 3. The number of nitrogens with one attached hydrogen (secondary N) is 2. The van der Waals surface area contributed by atoms with Crippen LogP contribution >= 0.6 is 0 Å². The number of amides is 2. The minimum absolute atomic E-state index is 0.251. The zero-order chi connectivity index (χ0) is 33.3. The first kappa shape index (κ1) is 34.2. The highest BCUT2D eigenvalue weighted by Crippen LogP contribution is 2.34.